The summed E-state index contributed by atoms with van der Waals surface area (Å²) in [6.07, 6.45) is 8.11. The largest absolute Gasteiger partial charge is 0.617 e. The van der Waals surface area contributed by atoms with Crippen molar-refractivity contribution in [3.63, 3.8) is 0 Å². The molecule has 0 aromatic rings. The van der Waals surface area contributed by atoms with E-state index in [1.165, 1.54) is 25.7 Å². The lowest BCUT2D eigenvalue weighted by molar-refractivity contribution is 0.591. The normalized spacial score (nSPS) is 13.5. The van der Waals surface area contributed by atoms with Crippen molar-refractivity contribution in [3.05, 3.63) is 0 Å². The molecule has 0 fully saturated rings. The van der Waals surface area contributed by atoms with E-state index in [4.69, 9.17) is 0 Å². The molecule has 0 unspecified atom stereocenters. The smallest absolute Gasteiger partial charge is 0.105 e. The van der Waals surface area contributed by atoms with Gasteiger partial charge < -0.3 is 4.55 Å². The van der Waals surface area contributed by atoms with Gasteiger partial charge in [-0.3, -0.25) is 0 Å². The van der Waals surface area contributed by atoms with Crippen molar-refractivity contribution in [1.29, 1.82) is 0 Å². The van der Waals surface area contributed by atoms with E-state index in [2.05, 4.69) is 6.92 Å². The molecule has 0 heterocycles. The van der Waals surface area contributed by atoms with Crippen LogP contribution in [0.3, 0.4) is 0 Å². The van der Waals surface area contributed by atoms with Crippen molar-refractivity contribution < 1.29 is 4.55 Å². The molecule has 0 saturated carbocycles. The fourth-order valence-electron chi connectivity index (χ4n) is 0.909. The van der Waals surface area contributed by atoms with Crippen LogP contribution in [0.15, 0.2) is 0 Å². The standard InChI is InChI=1S/C8H18OS/c1-3-4-5-6-7-8-10(2)9/h3-8H2,1-2H3/t10-/m1/s1. The zero-order valence-electron chi connectivity index (χ0n) is 7.06. The van der Waals surface area contributed by atoms with Gasteiger partial charge in [-0.05, 0) is 12.8 Å². The summed E-state index contributed by atoms with van der Waals surface area (Å²) in [7, 11) is 0. The van der Waals surface area contributed by atoms with Crippen molar-refractivity contribution in [3.8, 4) is 0 Å². The molecule has 0 saturated heterocycles. The second-order valence-electron chi connectivity index (χ2n) is 2.69. The second kappa shape index (κ2) is 7.42. The Kier molecular flexibility index (Phi) is 7.65. The highest BCUT2D eigenvalue weighted by Crippen LogP contribution is 2.03. The van der Waals surface area contributed by atoms with Crippen LogP contribution in [0.2, 0.25) is 0 Å². The monoisotopic (exact) mass is 162 g/mol. The van der Waals surface area contributed by atoms with Crippen molar-refractivity contribution in [2.45, 2.75) is 39.0 Å². The highest BCUT2D eigenvalue weighted by Gasteiger charge is 1.95. The Balaban J connectivity index is 2.77. The Labute approximate surface area is 67.4 Å². The first-order chi connectivity index (χ1) is 4.77. The molecule has 2 heteroatoms. The zero-order valence-corrected chi connectivity index (χ0v) is 7.88. The van der Waals surface area contributed by atoms with Gasteiger partial charge in [-0.15, -0.1) is 0 Å². The van der Waals surface area contributed by atoms with Crippen LogP contribution in [-0.4, -0.2) is 16.6 Å². The van der Waals surface area contributed by atoms with Crippen LogP contribution in [-0.2, 0) is 11.2 Å². The van der Waals surface area contributed by atoms with Gasteiger partial charge in [-0.25, -0.2) is 0 Å². The van der Waals surface area contributed by atoms with Gasteiger partial charge in [0, 0.05) is 0 Å². The Morgan fingerprint density at radius 1 is 1.10 bits per heavy atom. The molecular formula is C8H18OS. The van der Waals surface area contributed by atoms with Crippen molar-refractivity contribution in [2.75, 3.05) is 12.0 Å². The minimum Gasteiger partial charge on any atom is -0.617 e. The molecule has 10 heavy (non-hydrogen) atoms. The predicted octanol–water partition coefficient (Wildman–Crippen LogP) is 2.34. The SMILES string of the molecule is CCCCCCC[S@@+](C)[O-]. The minimum atomic E-state index is -0.571. The summed E-state index contributed by atoms with van der Waals surface area (Å²) < 4.78 is 10.6. The topological polar surface area (TPSA) is 23.1 Å². The van der Waals surface area contributed by atoms with E-state index in [1.54, 1.807) is 6.26 Å². The van der Waals surface area contributed by atoms with Gasteiger partial charge in [-0.1, -0.05) is 37.4 Å². The van der Waals surface area contributed by atoms with Crippen LogP contribution >= 0.6 is 0 Å². The predicted molar refractivity (Wildman–Crippen MR) is 47.7 cm³/mol. The number of unbranched alkanes of at least 4 members (excludes halogenated alkanes) is 4. The summed E-state index contributed by atoms with van der Waals surface area (Å²) >= 11 is -0.571. The van der Waals surface area contributed by atoms with Gasteiger partial charge in [0.05, 0.1) is 6.26 Å². The third-order valence-corrected chi connectivity index (χ3v) is 2.40. The maximum Gasteiger partial charge on any atom is 0.105 e. The Morgan fingerprint density at radius 2 is 1.70 bits per heavy atom. The van der Waals surface area contributed by atoms with E-state index in [1.807, 2.05) is 0 Å². The zero-order chi connectivity index (χ0) is 7.82. The van der Waals surface area contributed by atoms with Crippen LogP contribution < -0.4 is 0 Å². The maximum atomic E-state index is 10.6. The summed E-state index contributed by atoms with van der Waals surface area (Å²) in [4.78, 5) is 0. The Hall–Kier alpha value is 0.310. The fourth-order valence-corrected chi connectivity index (χ4v) is 1.52. The first kappa shape index (κ1) is 10.3. The highest BCUT2D eigenvalue weighted by atomic mass is 32.2. The van der Waals surface area contributed by atoms with Crippen LogP contribution in [0, 0.1) is 0 Å². The lowest BCUT2D eigenvalue weighted by Gasteiger charge is -2.03. The molecule has 0 aliphatic carbocycles. The lowest BCUT2D eigenvalue weighted by Crippen LogP contribution is -2.02. The maximum absolute atomic E-state index is 10.6. The first-order valence-corrected chi connectivity index (χ1v) is 5.80. The van der Waals surface area contributed by atoms with Gasteiger partial charge in [0.15, 0.2) is 0 Å². The van der Waals surface area contributed by atoms with E-state index in [-0.39, 0.29) is 0 Å². The summed E-state index contributed by atoms with van der Waals surface area (Å²) in [6.45, 7) is 2.21. The first-order valence-electron chi connectivity index (χ1n) is 4.07. The molecule has 0 rings (SSSR count). The molecule has 1 nitrogen and oxygen atoms in total. The van der Waals surface area contributed by atoms with E-state index < -0.39 is 11.2 Å². The van der Waals surface area contributed by atoms with Crippen LogP contribution in [0.1, 0.15) is 39.0 Å². The molecule has 0 spiro atoms. The van der Waals surface area contributed by atoms with Crippen molar-refractivity contribution in [1.82, 2.24) is 0 Å². The molecule has 0 bridgehead atoms. The molecule has 62 valence electrons. The highest BCUT2D eigenvalue weighted by molar-refractivity contribution is 7.90. The second-order valence-corrected chi connectivity index (χ2v) is 4.25. The van der Waals surface area contributed by atoms with Gasteiger partial charge >= 0.3 is 0 Å². The van der Waals surface area contributed by atoms with Crippen LogP contribution in [0.25, 0.3) is 0 Å². The molecular weight excluding hydrogens is 144 g/mol. The third-order valence-electron chi connectivity index (χ3n) is 1.54. The minimum absolute atomic E-state index is 0.571. The third kappa shape index (κ3) is 8.31. The van der Waals surface area contributed by atoms with Gasteiger partial charge in [0.2, 0.25) is 0 Å². The van der Waals surface area contributed by atoms with Crippen LogP contribution in [0.5, 0.6) is 0 Å². The summed E-state index contributed by atoms with van der Waals surface area (Å²) in [5, 5.41) is 0. The van der Waals surface area contributed by atoms with Crippen molar-refractivity contribution >= 4 is 11.2 Å². The lowest BCUT2D eigenvalue weighted by atomic mass is 10.2. The van der Waals surface area contributed by atoms with Gasteiger partial charge in [0.25, 0.3) is 0 Å². The van der Waals surface area contributed by atoms with E-state index in [9.17, 15) is 4.55 Å². The van der Waals surface area contributed by atoms with E-state index in [0.717, 1.165) is 12.2 Å². The quantitative estimate of drug-likeness (QED) is 0.434. The number of rotatable bonds is 6. The van der Waals surface area contributed by atoms with Crippen LogP contribution in [0.4, 0.5) is 0 Å². The summed E-state index contributed by atoms with van der Waals surface area (Å²) in [6, 6.07) is 0. The molecule has 0 aromatic heterocycles. The Morgan fingerprint density at radius 3 is 2.20 bits per heavy atom. The number of hydrogen-bond acceptors (Lipinski definition) is 1. The average Bonchev–Trinajstić information content (AvgIpc) is 1.87. The van der Waals surface area contributed by atoms with Crippen molar-refractivity contribution in [2.24, 2.45) is 0 Å². The molecule has 0 aliphatic rings. The van der Waals surface area contributed by atoms with E-state index in [0.29, 0.717) is 0 Å². The Bertz CT molecular complexity index is 64.3. The number of hydrogen-bond donors (Lipinski definition) is 0. The fraction of sp³-hybridized carbons (Fsp3) is 1.00. The van der Waals surface area contributed by atoms with Gasteiger partial charge in [0.1, 0.15) is 5.75 Å². The molecule has 0 radical (unpaired) electrons. The molecule has 0 amide bonds. The van der Waals surface area contributed by atoms with E-state index >= 15 is 0 Å². The molecule has 1 atom stereocenters. The summed E-state index contributed by atoms with van der Waals surface area (Å²) in [5.74, 6) is 0.893. The average molecular weight is 162 g/mol. The molecule has 0 aromatic carbocycles. The summed E-state index contributed by atoms with van der Waals surface area (Å²) in [5.41, 5.74) is 0. The molecule has 0 aliphatic heterocycles. The van der Waals surface area contributed by atoms with Gasteiger partial charge in [-0.2, -0.15) is 0 Å². The molecule has 0 N–H and O–H groups in total.